The van der Waals surface area contributed by atoms with Crippen LogP contribution < -0.4 is 0 Å². The molecule has 10 heteroatoms. The third-order valence-electron chi connectivity index (χ3n) is 10.0. The molecule has 0 aliphatic carbocycles. The summed E-state index contributed by atoms with van der Waals surface area (Å²) >= 11 is 0. The molecule has 0 aliphatic heterocycles. The second kappa shape index (κ2) is 23.0. The molecule has 2 heterocycles. The summed E-state index contributed by atoms with van der Waals surface area (Å²) in [5.74, 6) is 3.31. The predicted octanol–water partition coefficient (Wildman–Crippen LogP) is 11.7. The molecule has 6 aromatic carbocycles. The van der Waals surface area contributed by atoms with Gasteiger partial charge in [0.15, 0.2) is 17.5 Å². The van der Waals surface area contributed by atoms with Gasteiger partial charge in [0.1, 0.15) is 0 Å². The summed E-state index contributed by atoms with van der Waals surface area (Å²) in [6.45, 7) is 16.7. The van der Waals surface area contributed by atoms with Crippen molar-refractivity contribution in [2.45, 2.75) is 84.8 Å². The summed E-state index contributed by atoms with van der Waals surface area (Å²) in [6.07, 6.45) is -0.278. The first-order valence-electron chi connectivity index (χ1n) is 20.8. The van der Waals surface area contributed by atoms with Gasteiger partial charge in [-0.05, 0) is 66.5 Å². The Kier molecular flexibility index (Phi) is 18.4. The van der Waals surface area contributed by atoms with Gasteiger partial charge < -0.3 is 14.8 Å². The number of nitrogens with zero attached hydrogens (tertiary/aromatic N) is 6. The Balaban J connectivity index is 0.000000234. The van der Waals surface area contributed by atoms with Crippen LogP contribution in [0.15, 0.2) is 164 Å². The second-order valence-corrected chi connectivity index (χ2v) is 17.3. The Bertz CT molecular complexity index is 2250. The normalized spacial score (nSPS) is 12.0. The SMILES string of the molecule is CC(C)(C)c1ccc(-n2c(-c3[c-]cccc3)nnc2-c2ccccc2)cc1.CC(C)(C)c1ccc(-n2c(-c3ccccc3)nnc2-c2ccccc2)cc1.CC(O)CC(C)O.[Ir].[Ir]. The number of hydrogen-bond acceptors (Lipinski definition) is 6. The van der Waals surface area contributed by atoms with Crippen LogP contribution in [-0.4, -0.2) is 51.9 Å². The largest absolute Gasteiger partial charge is 0.393 e. The van der Waals surface area contributed by atoms with E-state index in [0.29, 0.717) is 6.42 Å². The van der Waals surface area contributed by atoms with Crippen LogP contribution in [0.4, 0.5) is 0 Å². The number of hydrogen-bond donors (Lipinski definition) is 2. The van der Waals surface area contributed by atoms with Gasteiger partial charge in [0.2, 0.25) is 0 Å². The minimum atomic E-state index is -0.375. The van der Waals surface area contributed by atoms with Crippen LogP contribution in [0.1, 0.15) is 72.9 Å². The number of aromatic nitrogens is 6. The van der Waals surface area contributed by atoms with Crippen molar-refractivity contribution < 1.29 is 50.4 Å². The van der Waals surface area contributed by atoms with Gasteiger partial charge in [-0.2, -0.15) is 5.10 Å². The summed E-state index contributed by atoms with van der Waals surface area (Å²) in [7, 11) is 0. The number of benzene rings is 6. The van der Waals surface area contributed by atoms with Gasteiger partial charge >= 0.3 is 0 Å². The Hall–Kier alpha value is -5.18. The molecule has 0 spiro atoms. The second-order valence-electron chi connectivity index (χ2n) is 17.3. The van der Waals surface area contributed by atoms with Crippen LogP contribution in [0.25, 0.3) is 56.9 Å². The predicted molar refractivity (Wildman–Crippen MR) is 249 cm³/mol. The standard InChI is InChI=1S/C24H23N3.C24H22N3.C5H12O2.2Ir/c2*1-24(2,3)20-14-16-21(17-15-20)27-22(18-10-6-4-7-11-18)25-26-23(27)19-12-8-5-9-13-19;1-4(6)3-5(2)7;;/h4-17H,1-3H3;4-12,14-17H,1-3H3;4-7H,3H2,1-2H3;;/q;-1;;;. The van der Waals surface area contributed by atoms with Crippen molar-refractivity contribution in [2.75, 3.05) is 0 Å². The van der Waals surface area contributed by atoms with E-state index in [1.54, 1.807) is 13.8 Å². The molecule has 8 nitrogen and oxygen atoms in total. The molecule has 0 bridgehead atoms. The smallest absolute Gasteiger partial charge is 0.168 e. The topological polar surface area (TPSA) is 102 Å². The van der Waals surface area contributed by atoms with Gasteiger partial charge in [-0.15, -0.1) is 51.2 Å². The van der Waals surface area contributed by atoms with E-state index < -0.39 is 0 Å². The molecule has 0 saturated carbocycles. The summed E-state index contributed by atoms with van der Waals surface area (Å²) in [4.78, 5) is 0. The molecule has 8 aromatic rings. The van der Waals surface area contributed by atoms with Crippen LogP contribution in [-0.2, 0) is 51.0 Å². The first-order chi connectivity index (χ1) is 29.2. The molecule has 0 aliphatic rings. The van der Waals surface area contributed by atoms with E-state index in [-0.39, 0.29) is 63.2 Å². The number of rotatable bonds is 8. The van der Waals surface area contributed by atoms with Gasteiger partial charge in [-0.3, -0.25) is 4.57 Å². The van der Waals surface area contributed by atoms with Gasteiger partial charge in [0, 0.05) is 68.3 Å². The van der Waals surface area contributed by atoms with Crippen LogP contribution in [0, 0.1) is 6.07 Å². The van der Waals surface area contributed by atoms with Crippen molar-refractivity contribution in [3.63, 3.8) is 0 Å². The van der Waals surface area contributed by atoms with Gasteiger partial charge in [0.05, 0.1) is 18.0 Å². The summed E-state index contributed by atoms with van der Waals surface area (Å²) < 4.78 is 4.24. The molecule has 63 heavy (non-hydrogen) atoms. The molecule has 0 saturated heterocycles. The fourth-order valence-electron chi connectivity index (χ4n) is 6.80. The van der Waals surface area contributed by atoms with Crippen LogP contribution >= 0.6 is 0 Å². The fraction of sp³-hybridized carbons (Fsp3) is 0.245. The quantitative estimate of drug-likeness (QED) is 0.147. The van der Waals surface area contributed by atoms with E-state index in [0.717, 1.165) is 56.9 Å². The summed E-state index contributed by atoms with van der Waals surface area (Å²) in [5, 5.41) is 35.2. The van der Waals surface area contributed by atoms with Gasteiger partial charge in [-0.25, -0.2) is 0 Å². The minimum absolute atomic E-state index is 0. The first kappa shape index (κ1) is 50.5. The molecule has 330 valence electrons. The maximum Gasteiger partial charge on any atom is 0.168 e. The van der Waals surface area contributed by atoms with Crippen LogP contribution in [0.3, 0.4) is 0 Å². The summed E-state index contributed by atoms with van der Waals surface area (Å²) in [5.41, 5.74) is 9.00. The third-order valence-corrected chi connectivity index (χ3v) is 10.0. The molecule has 8 rings (SSSR count). The minimum Gasteiger partial charge on any atom is -0.393 e. The Morgan fingerprint density at radius 2 is 0.762 bits per heavy atom. The van der Waals surface area contributed by atoms with E-state index >= 15 is 0 Å². The monoisotopic (exact) mass is 1200 g/mol. The Morgan fingerprint density at radius 3 is 1.05 bits per heavy atom. The summed E-state index contributed by atoms with van der Waals surface area (Å²) in [6, 6.07) is 59.1. The van der Waals surface area contributed by atoms with Crippen molar-refractivity contribution in [3.8, 4) is 56.9 Å². The van der Waals surface area contributed by atoms with Crippen molar-refractivity contribution >= 4 is 0 Å². The van der Waals surface area contributed by atoms with Crippen LogP contribution in [0.5, 0.6) is 0 Å². The fourth-order valence-corrected chi connectivity index (χ4v) is 6.80. The third kappa shape index (κ3) is 13.4. The molecule has 0 fully saturated rings. The van der Waals surface area contributed by atoms with Crippen LogP contribution in [0.2, 0.25) is 0 Å². The van der Waals surface area contributed by atoms with Crippen molar-refractivity contribution in [2.24, 2.45) is 0 Å². The van der Waals surface area contributed by atoms with E-state index in [1.807, 2.05) is 78.9 Å². The zero-order valence-electron chi connectivity index (χ0n) is 37.2. The average molecular weight is 1190 g/mol. The number of aliphatic hydroxyl groups excluding tert-OH is 2. The van der Waals surface area contributed by atoms with Gasteiger partial charge in [-0.1, -0.05) is 157 Å². The Labute approximate surface area is 400 Å². The zero-order valence-corrected chi connectivity index (χ0v) is 42.0. The zero-order chi connectivity index (χ0) is 43.6. The Morgan fingerprint density at radius 1 is 0.444 bits per heavy atom. The maximum atomic E-state index is 8.56. The van der Waals surface area contributed by atoms with Crippen molar-refractivity contribution in [3.05, 3.63) is 181 Å². The molecule has 2 N–H and O–H groups in total. The van der Waals surface area contributed by atoms with E-state index in [4.69, 9.17) is 10.2 Å². The first-order valence-corrected chi connectivity index (χ1v) is 20.8. The molecular formula is C53H57Ir2N6O2-. The maximum absolute atomic E-state index is 8.56. The van der Waals surface area contributed by atoms with Crippen molar-refractivity contribution in [1.29, 1.82) is 0 Å². The molecular weight excluding hydrogens is 1140 g/mol. The van der Waals surface area contributed by atoms with Gasteiger partial charge in [0.25, 0.3) is 0 Å². The molecule has 2 atom stereocenters. The molecule has 0 amide bonds. The average Bonchev–Trinajstić information content (AvgIpc) is 3.91. The van der Waals surface area contributed by atoms with E-state index in [2.05, 4.69) is 162 Å². The van der Waals surface area contributed by atoms with E-state index in [1.165, 1.54) is 11.1 Å². The molecule has 2 unspecified atom stereocenters. The number of aliphatic hydroxyl groups is 2. The molecule has 2 radical (unpaired) electrons. The van der Waals surface area contributed by atoms with E-state index in [9.17, 15) is 0 Å². The molecule has 2 aromatic heterocycles. The van der Waals surface area contributed by atoms with Crippen molar-refractivity contribution in [1.82, 2.24) is 29.5 Å².